The molecule has 0 amide bonds. The van der Waals surface area contributed by atoms with Gasteiger partial charge in [0.2, 0.25) is 0 Å². The van der Waals surface area contributed by atoms with E-state index in [1.807, 2.05) is 13.8 Å². The minimum Gasteiger partial charge on any atom is -0.493 e. The van der Waals surface area contributed by atoms with Crippen molar-refractivity contribution >= 4 is 33.9 Å². The molecule has 4 rings (SSSR count). The summed E-state index contributed by atoms with van der Waals surface area (Å²) >= 11 is 0. The van der Waals surface area contributed by atoms with Crippen LogP contribution in [0.1, 0.15) is 73.4 Å². The van der Waals surface area contributed by atoms with Crippen LogP contribution >= 0.6 is 0 Å². The Bertz CT molecular complexity index is 1830. The zero-order valence-corrected chi connectivity index (χ0v) is 25.7. The fourth-order valence-corrected chi connectivity index (χ4v) is 5.48. The number of hydrogen-bond acceptors (Lipinski definition) is 8. The summed E-state index contributed by atoms with van der Waals surface area (Å²) in [7, 11) is 0. The Morgan fingerprint density at radius 3 is 2.00 bits per heavy atom. The first kappa shape index (κ1) is 32.3. The number of aliphatic carboxylic acids is 2. The van der Waals surface area contributed by atoms with Gasteiger partial charge in [-0.15, -0.1) is 0 Å². The van der Waals surface area contributed by atoms with Crippen molar-refractivity contribution in [2.45, 2.75) is 85.7 Å². The number of unbranched alkanes of at least 4 members (excludes halogenated alkanes) is 2. The van der Waals surface area contributed by atoms with Gasteiger partial charge in [0, 0.05) is 21.9 Å². The Morgan fingerprint density at radius 2 is 1.34 bits per heavy atom. The summed E-state index contributed by atoms with van der Waals surface area (Å²) < 4.78 is 23.4. The van der Waals surface area contributed by atoms with E-state index in [1.165, 1.54) is 0 Å². The molecule has 2 aromatic heterocycles. The lowest BCUT2D eigenvalue weighted by Crippen LogP contribution is -2.18. The second kappa shape index (κ2) is 13.8. The van der Waals surface area contributed by atoms with Gasteiger partial charge in [0.05, 0.1) is 36.7 Å². The summed E-state index contributed by atoms with van der Waals surface area (Å²) in [5, 5.41) is 20.1. The molecule has 2 heterocycles. The lowest BCUT2D eigenvalue weighted by molar-refractivity contribution is -0.137. The van der Waals surface area contributed by atoms with Gasteiger partial charge in [-0.05, 0) is 82.3 Å². The SMILES string of the molecule is CCCCCOc1ccc2c(C)c(CC(=O)O)c(=O)oc2c1CCc1c(CC(=O)O)c(=O)oc2c(C)c(OC(C)C)ccc12. The van der Waals surface area contributed by atoms with Crippen molar-refractivity contribution in [1.29, 1.82) is 0 Å². The molecular formula is C34H38O10. The Morgan fingerprint density at radius 1 is 0.750 bits per heavy atom. The number of carboxylic acid groups (broad SMARTS) is 2. The first-order chi connectivity index (χ1) is 20.9. The average Bonchev–Trinajstić information content (AvgIpc) is 2.95. The van der Waals surface area contributed by atoms with Crippen molar-refractivity contribution in [3.8, 4) is 11.5 Å². The first-order valence-corrected chi connectivity index (χ1v) is 14.8. The molecule has 44 heavy (non-hydrogen) atoms. The molecule has 0 fully saturated rings. The third-order valence-electron chi connectivity index (χ3n) is 7.65. The van der Waals surface area contributed by atoms with E-state index in [4.69, 9.17) is 18.3 Å². The van der Waals surface area contributed by atoms with Crippen molar-refractivity contribution in [2.24, 2.45) is 0 Å². The van der Waals surface area contributed by atoms with E-state index in [-0.39, 0.29) is 35.7 Å². The molecule has 4 aromatic rings. The predicted octanol–water partition coefficient (Wildman–Crippen LogP) is 5.91. The van der Waals surface area contributed by atoms with E-state index in [0.29, 0.717) is 56.7 Å². The highest BCUT2D eigenvalue weighted by atomic mass is 16.5. The Balaban J connectivity index is 1.89. The largest absolute Gasteiger partial charge is 0.493 e. The van der Waals surface area contributed by atoms with Crippen LogP contribution in [0.5, 0.6) is 11.5 Å². The molecule has 0 atom stereocenters. The molecule has 0 saturated carbocycles. The van der Waals surface area contributed by atoms with Gasteiger partial charge < -0.3 is 28.5 Å². The van der Waals surface area contributed by atoms with Gasteiger partial charge >= 0.3 is 23.2 Å². The van der Waals surface area contributed by atoms with Crippen molar-refractivity contribution < 1.29 is 38.1 Å². The maximum Gasteiger partial charge on any atom is 0.340 e. The monoisotopic (exact) mass is 606 g/mol. The number of fused-ring (bicyclic) bond motifs is 2. The topological polar surface area (TPSA) is 153 Å². The predicted molar refractivity (Wildman–Crippen MR) is 165 cm³/mol. The van der Waals surface area contributed by atoms with Gasteiger partial charge in [0.25, 0.3) is 0 Å². The summed E-state index contributed by atoms with van der Waals surface area (Å²) in [6, 6.07) is 7.06. The van der Waals surface area contributed by atoms with Gasteiger partial charge in [-0.2, -0.15) is 0 Å². The van der Waals surface area contributed by atoms with Crippen molar-refractivity contribution in [2.75, 3.05) is 6.61 Å². The van der Waals surface area contributed by atoms with Gasteiger partial charge in [-0.25, -0.2) is 9.59 Å². The fourth-order valence-electron chi connectivity index (χ4n) is 5.48. The summed E-state index contributed by atoms with van der Waals surface area (Å²) in [5.41, 5.74) is 1.40. The normalized spacial score (nSPS) is 11.4. The lowest BCUT2D eigenvalue weighted by atomic mass is 9.93. The van der Waals surface area contributed by atoms with Gasteiger partial charge in [0.1, 0.15) is 22.7 Å². The summed E-state index contributed by atoms with van der Waals surface area (Å²) in [4.78, 5) is 49.4. The minimum atomic E-state index is -1.17. The quantitative estimate of drug-likeness (QED) is 0.131. The molecule has 0 aliphatic carbocycles. The highest BCUT2D eigenvalue weighted by Crippen LogP contribution is 2.35. The number of benzene rings is 2. The molecule has 10 nitrogen and oxygen atoms in total. The smallest absolute Gasteiger partial charge is 0.340 e. The van der Waals surface area contributed by atoms with Crippen molar-refractivity contribution in [1.82, 2.24) is 0 Å². The molecule has 2 N–H and O–H groups in total. The number of aryl methyl sites for hydroxylation is 4. The van der Waals surface area contributed by atoms with E-state index in [0.717, 1.165) is 19.3 Å². The van der Waals surface area contributed by atoms with Crippen LogP contribution in [0.2, 0.25) is 0 Å². The van der Waals surface area contributed by atoms with E-state index in [9.17, 15) is 29.4 Å². The molecule has 10 heteroatoms. The fraction of sp³-hybridized carbons (Fsp3) is 0.412. The molecule has 0 spiro atoms. The van der Waals surface area contributed by atoms with Crippen LogP contribution in [0.3, 0.4) is 0 Å². The van der Waals surface area contributed by atoms with Crippen molar-refractivity contribution in [3.05, 3.63) is 78.5 Å². The van der Waals surface area contributed by atoms with E-state index in [2.05, 4.69) is 6.92 Å². The second-order valence-electron chi connectivity index (χ2n) is 11.2. The molecule has 0 aliphatic rings. The van der Waals surface area contributed by atoms with Crippen LogP contribution < -0.4 is 20.7 Å². The second-order valence-corrected chi connectivity index (χ2v) is 11.2. The summed E-state index contributed by atoms with van der Waals surface area (Å²) in [6.45, 7) is 9.76. The van der Waals surface area contributed by atoms with Crippen LogP contribution in [-0.4, -0.2) is 34.9 Å². The van der Waals surface area contributed by atoms with Gasteiger partial charge in [0.15, 0.2) is 0 Å². The van der Waals surface area contributed by atoms with Crippen LogP contribution in [0, 0.1) is 13.8 Å². The molecule has 0 aliphatic heterocycles. The van der Waals surface area contributed by atoms with Crippen LogP contribution in [-0.2, 0) is 35.3 Å². The summed E-state index contributed by atoms with van der Waals surface area (Å²) in [6.07, 6.45) is 2.13. The molecule has 0 unspecified atom stereocenters. The number of rotatable bonds is 14. The average molecular weight is 607 g/mol. The first-order valence-electron chi connectivity index (χ1n) is 14.8. The Labute approximate surface area is 254 Å². The molecule has 2 aromatic carbocycles. The molecule has 0 saturated heterocycles. The van der Waals surface area contributed by atoms with Crippen LogP contribution in [0.25, 0.3) is 21.9 Å². The van der Waals surface area contributed by atoms with Crippen LogP contribution in [0.15, 0.2) is 42.7 Å². The third-order valence-corrected chi connectivity index (χ3v) is 7.65. The Hall–Kier alpha value is -4.60. The van der Waals surface area contributed by atoms with E-state index < -0.39 is 36.0 Å². The van der Waals surface area contributed by atoms with E-state index in [1.54, 1.807) is 38.1 Å². The van der Waals surface area contributed by atoms with Crippen molar-refractivity contribution in [3.63, 3.8) is 0 Å². The zero-order valence-electron chi connectivity index (χ0n) is 25.7. The number of carboxylic acids is 2. The lowest BCUT2D eigenvalue weighted by Gasteiger charge is -2.18. The third kappa shape index (κ3) is 6.96. The molecule has 0 radical (unpaired) electrons. The minimum absolute atomic E-state index is 0.0361. The van der Waals surface area contributed by atoms with Crippen LogP contribution in [0.4, 0.5) is 0 Å². The highest BCUT2D eigenvalue weighted by molar-refractivity contribution is 5.88. The standard InChI is InChI=1S/C34H38O10/c1-6-7-8-15-41-28-14-11-21-19(4)25(16-29(35)36)33(39)44-32(21)24(28)10-9-22-23-12-13-27(42-18(2)3)20(5)31(23)43-34(40)26(22)17-30(37)38/h11-14,18H,6-10,15-17H2,1-5H3,(H,35,36)(H,37,38). The maximum atomic E-state index is 13.2. The maximum absolute atomic E-state index is 13.2. The number of carbonyl (C=O) groups is 2. The van der Waals surface area contributed by atoms with E-state index >= 15 is 0 Å². The molecular weight excluding hydrogens is 568 g/mol. The van der Waals surface area contributed by atoms with Gasteiger partial charge in [-0.3, -0.25) is 9.59 Å². The highest BCUT2D eigenvalue weighted by Gasteiger charge is 2.23. The number of ether oxygens (including phenoxy) is 2. The molecule has 234 valence electrons. The zero-order chi connectivity index (χ0) is 32.1. The number of hydrogen-bond donors (Lipinski definition) is 2. The Kier molecular flexibility index (Phi) is 10.1. The van der Waals surface area contributed by atoms with Gasteiger partial charge in [-0.1, -0.05) is 19.8 Å². The summed E-state index contributed by atoms with van der Waals surface area (Å²) in [5.74, 6) is -1.27. The molecule has 0 bridgehead atoms.